The molecule has 2 amide bonds. The minimum Gasteiger partial charge on any atom is -0.493 e. The van der Waals surface area contributed by atoms with Gasteiger partial charge in [-0.25, -0.2) is 0 Å². The summed E-state index contributed by atoms with van der Waals surface area (Å²) in [5.41, 5.74) is 8.93. The van der Waals surface area contributed by atoms with Crippen LogP contribution in [0, 0.1) is 0 Å². The molecule has 9 rings (SSSR count). The summed E-state index contributed by atoms with van der Waals surface area (Å²) in [6.07, 6.45) is 4.72. The number of Topliss-reactive ketones (excluding diaryl/α,β-unsaturated/α-hetero) is 1. The van der Waals surface area contributed by atoms with E-state index in [1.54, 1.807) is 57.2 Å². The van der Waals surface area contributed by atoms with Gasteiger partial charge in [0.2, 0.25) is 0 Å². The van der Waals surface area contributed by atoms with Gasteiger partial charge in [-0.15, -0.1) is 0 Å². The average molecular weight is 1060 g/mol. The number of fused-ring (bicyclic) bond motifs is 8. The minimum absolute atomic E-state index is 0.0193. The quantitative estimate of drug-likeness (QED) is 0.0413. The first kappa shape index (κ1) is 53.6. The normalized spacial score (nSPS) is 16.2. The van der Waals surface area contributed by atoms with Crippen molar-refractivity contribution in [1.29, 1.82) is 0 Å². The summed E-state index contributed by atoms with van der Waals surface area (Å²) in [7, 11) is 8.40. The number of rotatable bonds is 26. The first-order chi connectivity index (χ1) is 36.4. The van der Waals surface area contributed by atoms with Crippen LogP contribution in [0.3, 0.4) is 0 Å². The molecule has 0 saturated carbocycles. The monoisotopic (exact) mass is 1060 g/mol. The standard InChI is InChI=1S/C58H67N5O10S2/c1-38(64)12-11-23-74-75-58(2,3)37-61(17-18-70-21-22-71-20-19-67-4)43-25-39(35-72-54-31-48-46(29-52(54)68-5)56(65)62-44(33-59-48)27-41-13-7-9-15-50(41)62)24-40(26-43)36-73-55-32-49-47(30-53(55)69-6)57(66)63-45(34-60-49)28-42-14-8-10-16-51(42)63/h7-10,13-16,24-26,29-33,44-45,60H,11-12,17-23,27-28,34-37H2,1-6H3/t44-,45-/m0/s1. The summed E-state index contributed by atoms with van der Waals surface area (Å²) in [6, 6.07) is 29.3. The number of benzene rings is 5. The van der Waals surface area contributed by atoms with Gasteiger partial charge < -0.3 is 53.1 Å². The first-order valence-electron chi connectivity index (χ1n) is 25.6. The lowest BCUT2D eigenvalue weighted by atomic mass is 10.1. The number of para-hydroxylation sites is 2. The number of ether oxygens (including phenoxy) is 7. The van der Waals surface area contributed by atoms with E-state index in [0.717, 1.165) is 57.9 Å². The molecule has 1 N–H and O–H groups in total. The van der Waals surface area contributed by atoms with E-state index in [-0.39, 0.29) is 47.6 Å². The molecule has 396 valence electrons. The number of methoxy groups -OCH3 is 3. The van der Waals surface area contributed by atoms with Crippen LogP contribution in [-0.2, 0) is 45.1 Å². The number of ketones is 1. The van der Waals surface area contributed by atoms with E-state index in [0.29, 0.717) is 111 Å². The molecule has 0 bridgehead atoms. The van der Waals surface area contributed by atoms with E-state index in [2.05, 4.69) is 54.4 Å². The third-order valence-electron chi connectivity index (χ3n) is 13.6. The van der Waals surface area contributed by atoms with Crippen LogP contribution in [0.4, 0.5) is 28.4 Å². The van der Waals surface area contributed by atoms with Gasteiger partial charge in [-0.2, -0.15) is 0 Å². The minimum atomic E-state index is -0.214. The second kappa shape index (κ2) is 24.6. The fourth-order valence-electron chi connectivity index (χ4n) is 10.0. The van der Waals surface area contributed by atoms with Gasteiger partial charge in [0.15, 0.2) is 23.0 Å². The number of hydrogen-bond donors (Lipinski definition) is 1. The number of nitrogens with one attached hydrogen (secondary N) is 1. The molecule has 75 heavy (non-hydrogen) atoms. The first-order valence-corrected chi connectivity index (χ1v) is 27.9. The van der Waals surface area contributed by atoms with Crippen LogP contribution in [0.25, 0.3) is 0 Å². The van der Waals surface area contributed by atoms with E-state index < -0.39 is 0 Å². The molecule has 4 aliphatic rings. The Balaban J connectivity index is 1.00. The number of nitrogens with zero attached hydrogens (tertiary/aromatic N) is 4. The fraction of sp³-hybridized carbons (Fsp3) is 0.414. The van der Waals surface area contributed by atoms with Crippen LogP contribution in [0.15, 0.2) is 96.0 Å². The number of carbonyl (C=O) groups excluding carboxylic acids is 3. The lowest BCUT2D eigenvalue weighted by molar-refractivity contribution is -0.117. The van der Waals surface area contributed by atoms with Gasteiger partial charge in [-0.1, -0.05) is 58.0 Å². The van der Waals surface area contributed by atoms with Crippen LogP contribution >= 0.6 is 21.6 Å². The molecule has 0 aliphatic carbocycles. The maximum Gasteiger partial charge on any atom is 0.261 e. The molecule has 5 aromatic rings. The number of hydrogen-bond acceptors (Lipinski definition) is 15. The van der Waals surface area contributed by atoms with Crippen LogP contribution in [0.5, 0.6) is 23.0 Å². The van der Waals surface area contributed by atoms with Gasteiger partial charge in [0.1, 0.15) is 19.0 Å². The predicted octanol–water partition coefficient (Wildman–Crippen LogP) is 10.2. The summed E-state index contributed by atoms with van der Waals surface area (Å²) in [5.74, 6) is 2.65. The van der Waals surface area contributed by atoms with Crippen LogP contribution in [-0.4, -0.2) is 120 Å². The topological polar surface area (TPSA) is 150 Å². The molecular weight excluding hydrogens is 991 g/mol. The van der Waals surface area contributed by atoms with Crippen molar-refractivity contribution in [3.8, 4) is 23.0 Å². The zero-order valence-corrected chi connectivity index (χ0v) is 45.3. The Bertz CT molecular complexity index is 2900. The van der Waals surface area contributed by atoms with Gasteiger partial charge in [0.05, 0.1) is 81.8 Å². The molecule has 2 atom stereocenters. The Morgan fingerprint density at radius 3 is 2.07 bits per heavy atom. The van der Waals surface area contributed by atoms with Crippen molar-refractivity contribution in [2.24, 2.45) is 4.99 Å². The highest BCUT2D eigenvalue weighted by Crippen LogP contribution is 2.44. The number of amides is 2. The van der Waals surface area contributed by atoms with Crippen molar-refractivity contribution < 1.29 is 47.5 Å². The molecule has 5 aromatic carbocycles. The van der Waals surface area contributed by atoms with E-state index >= 15 is 0 Å². The zero-order chi connectivity index (χ0) is 52.5. The van der Waals surface area contributed by atoms with Crippen molar-refractivity contribution in [2.45, 2.75) is 76.5 Å². The summed E-state index contributed by atoms with van der Waals surface area (Å²) in [5, 5.41) is 3.55. The highest BCUT2D eigenvalue weighted by molar-refractivity contribution is 8.77. The maximum atomic E-state index is 14.2. The van der Waals surface area contributed by atoms with Gasteiger partial charge in [0, 0.05) is 85.5 Å². The second-order valence-electron chi connectivity index (χ2n) is 19.7. The molecule has 0 radical (unpaired) electrons. The van der Waals surface area contributed by atoms with Gasteiger partial charge >= 0.3 is 0 Å². The van der Waals surface area contributed by atoms with Crippen LogP contribution in [0.2, 0.25) is 0 Å². The van der Waals surface area contributed by atoms with Gasteiger partial charge in [-0.3, -0.25) is 19.5 Å². The van der Waals surface area contributed by atoms with Crippen molar-refractivity contribution in [2.75, 3.05) is 99.8 Å². The van der Waals surface area contributed by atoms with Gasteiger partial charge in [-0.05, 0) is 98.3 Å². The Labute approximate surface area is 448 Å². The molecular formula is C58H67N5O10S2. The smallest absolute Gasteiger partial charge is 0.261 e. The largest absolute Gasteiger partial charge is 0.493 e. The number of aliphatic imine (C=N–C) groups is 1. The number of carbonyl (C=O) groups is 3. The molecule has 17 heteroatoms. The Morgan fingerprint density at radius 2 is 1.37 bits per heavy atom. The summed E-state index contributed by atoms with van der Waals surface area (Å²) in [6.45, 7) is 10.6. The highest BCUT2D eigenvalue weighted by atomic mass is 33.1. The second-order valence-corrected chi connectivity index (χ2v) is 22.8. The Kier molecular flexibility index (Phi) is 17.6. The lowest BCUT2D eigenvalue weighted by Gasteiger charge is -2.34. The molecule has 0 unspecified atom stereocenters. The summed E-state index contributed by atoms with van der Waals surface area (Å²) in [4.78, 5) is 51.0. The molecule has 4 aliphatic heterocycles. The predicted molar refractivity (Wildman–Crippen MR) is 299 cm³/mol. The van der Waals surface area contributed by atoms with Crippen molar-refractivity contribution >= 4 is 73.8 Å². The molecule has 0 spiro atoms. The fourth-order valence-corrected chi connectivity index (χ4v) is 12.6. The SMILES string of the molecule is COCCOCCOCCN(CC(C)(C)SSCCCC(C)=O)c1cc(COc2cc3c(cc2OC)C(=O)N2c4ccccc4C[C@H]2C=N3)cc(COc2cc3c(cc2OC)C(=O)N2c4ccccc4C[C@H]2CN3)c1. The average Bonchev–Trinajstić information content (AvgIpc) is 3.91. The highest BCUT2D eigenvalue weighted by Gasteiger charge is 2.39. The van der Waals surface area contributed by atoms with Gasteiger partial charge in [0.25, 0.3) is 11.8 Å². The van der Waals surface area contributed by atoms with E-state index in [1.807, 2.05) is 69.3 Å². The molecule has 4 heterocycles. The molecule has 0 aromatic heterocycles. The van der Waals surface area contributed by atoms with Crippen molar-refractivity contribution in [1.82, 2.24) is 0 Å². The zero-order valence-electron chi connectivity index (χ0n) is 43.7. The van der Waals surface area contributed by atoms with Crippen LogP contribution in [0.1, 0.15) is 76.6 Å². The van der Waals surface area contributed by atoms with E-state index in [4.69, 9.17) is 38.2 Å². The maximum absolute atomic E-state index is 14.2. The lowest BCUT2D eigenvalue weighted by Crippen LogP contribution is -2.39. The van der Waals surface area contributed by atoms with E-state index in [9.17, 15) is 14.4 Å². The third-order valence-corrected chi connectivity index (χ3v) is 17.0. The Morgan fingerprint density at radius 1 is 0.747 bits per heavy atom. The Hall–Kier alpha value is -6.24. The molecule has 15 nitrogen and oxygen atoms in total. The van der Waals surface area contributed by atoms with E-state index in [1.165, 1.54) is 0 Å². The van der Waals surface area contributed by atoms with Crippen molar-refractivity contribution in [3.05, 3.63) is 124 Å². The summed E-state index contributed by atoms with van der Waals surface area (Å²) >= 11 is 0. The molecule has 0 saturated heterocycles. The van der Waals surface area contributed by atoms with Crippen LogP contribution < -0.4 is 39.0 Å². The van der Waals surface area contributed by atoms with Crippen molar-refractivity contribution in [3.63, 3.8) is 0 Å². The molecule has 0 fully saturated rings. The number of anilines is 4. The third kappa shape index (κ3) is 12.7. The summed E-state index contributed by atoms with van der Waals surface area (Å²) < 4.78 is 41.9.